The molecule has 0 atom stereocenters. The number of imidazole rings is 1. The van der Waals surface area contributed by atoms with Gasteiger partial charge in [-0.1, -0.05) is 12.1 Å². The average molecular weight is 290 g/mol. The van der Waals surface area contributed by atoms with Crippen molar-refractivity contribution < 1.29 is 9.31 Å². The summed E-state index contributed by atoms with van der Waals surface area (Å²) < 4.78 is 15.9. The molecule has 6 nitrogen and oxygen atoms in total. The molecule has 1 aliphatic carbocycles. The molecule has 0 spiro atoms. The number of hydrogen-bond acceptors (Lipinski definition) is 4. The van der Waals surface area contributed by atoms with Crippen LogP contribution in [-0.2, 0) is 13.1 Å². The third-order valence-corrected chi connectivity index (χ3v) is 3.52. The fraction of sp³-hybridized carbons (Fsp3) is 0.357. The Balaban J connectivity index is 1.78. The van der Waals surface area contributed by atoms with Gasteiger partial charge in [-0.25, -0.2) is 4.98 Å². The number of halogens is 1. The number of hydrogen-bond donors (Lipinski definition) is 1. The largest absolute Gasteiger partial charge is 0.329 e. The molecule has 1 saturated carbocycles. The molecule has 0 bridgehead atoms. The third kappa shape index (κ3) is 3.08. The van der Waals surface area contributed by atoms with Gasteiger partial charge in [0, 0.05) is 30.1 Å². The molecule has 0 saturated heterocycles. The van der Waals surface area contributed by atoms with Crippen LogP contribution in [0, 0.1) is 15.9 Å². The normalized spacial score (nSPS) is 14.3. The molecule has 110 valence electrons. The Kier molecular flexibility index (Phi) is 3.66. The van der Waals surface area contributed by atoms with E-state index in [1.54, 1.807) is 23.0 Å². The molecule has 0 aliphatic heterocycles. The smallest absolute Gasteiger partial charge is 0.305 e. The maximum atomic E-state index is 14.1. The number of nitrogens with zero attached hydrogens (tertiary/aromatic N) is 3. The van der Waals surface area contributed by atoms with E-state index in [0.717, 1.165) is 5.82 Å². The molecule has 7 heteroatoms. The van der Waals surface area contributed by atoms with Gasteiger partial charge in [-0.3, -0.25) is 10.1 Å². The van der Waals surface area contributed by atoms with Crippen molar-refractivity contribution in [3.63, 3.8) is 0 Å². The predicted molar refractivity (Wildman–Crippen MR) is 74.2 cm³/mol. The van der Waals surface area contributed by atoms with Gasteiger partial charge in [0.05, 0.1) is 18.0 Å². The van der Waals surface area contributed by atoms with E-state index in [9.17, 15) is 14.5 Å². The lowest BCUT2D eigenvalue weighted by molar-refractivity contribution is -0.387. The average Bonchev–Trinajstić information content (AvgIpc) is 3.18. The lowest BCUT2D eigenvalue weighted by Gasteiger charge is -2.09. The number of aromatic nitrogens is 2. The van der Waals surface area contributed by atoms with E-state index in [2.05, 4.69) is 10.3 Å². The monoisotopic (exact) mass is 290 g/mol. The standard InChI is InChI=1S/C14H15FN4O2/c15-14-10(2-1-3-12(14)19(20)21)9-18-7-6-16-13(18)8-17-11-4-5-11/h1-3,6-7,11,17H,4-5,8-9H2. The van der Waals surface area contributed by atoms with Crippen molar-refractivity contribution in [2.24, 2.45) is 0 Å². The Labute approximate surface area is 120 Å². The van der Waals surface area contributed by atoms with E-state index in [0.29, 0.717) is 12.6 Å². The van der Waals surface area contributed by atoms with Crippen LogP contribution < -0.4 is 5.32 Å². The molecular formula is C14H15FN4O2. The molecule has 1 heterocycles. The first-order chi connectivity index (χ1) is 10.1. The molecule has 1 N–H and O–H groups in total. The Morgan fingerprint density at radius 2 is 2.29 bits per heavy atom. The summed E-state index contributed by atoms with van der Waals surface area (Å²) in [4.78, 5) is 14.3. The van der Waals surface area contributed by atoms with Crippen LogP contribution in [0.3, 0.4) is 0 Å². The third-order valence-electron chi connectivity index (χ3n) is 3.52. The first-order valence-corrected chi connectivity index (χ1v) is 6.80. The SMILES string of the molecule is O=[N+]([O-])c1cccc(Cn2ccnc2CNC2CC2)c1F. The zero-order valence-electron chi connectivity index (χ0n) is 11.3. The number of benzene rings is 1. The molecule has 1 fully saturated rings. The van der Waals surface area contributed by atoms with Crippen LogP contribution in [0.5, 0.6) is 0 Å². The quantitative estimate of drug-likeness (QED) is 0.654. The van der Waals surface area contributed by atoms with Gasteiger partial charge in [-0.05, 0) is 12.8 Å². The van der Waals surface area contributed by atoms with E-state index < -0.39 is 16.4 Å². The summed E-state index contributed by atoms with van der Waals surface area (Å²) in [7, 11) is 0. The van der Waals surface area contributed by atoms with Crippen molar-refractivity contribution in [2.45, 2.75) is 32.0 Å². The van der Waals surface area contributed by atoms with Crippen LogP contribution in [0.25, 0.3) is 0 Å². The van der Waals surface area contributed by atoms with E-state index in [1.807, 2.05) is 0 Å². The predicted octanol–water partition coefficient (Wildman–Crippen LogP) is 2.23. The Bertz CT molecular complexity index is 667. The highest BCUT2D eigenvalue weighted by Crippen LogP contribution is 2.22. The van der Waals surface area contributed by atoms with Crippen LogP contribution >= 0.6 is 0 Å². The molecule has 1 aromatic heterocycles. The summed E-state index contributed by atoms with van der Waals surface area (Å²) in [5.74, 6) is 0.0186. The minimum atomic E-state index is -0.780. The number of nitro groups is 1. The van der Waals surface area contributed by atoms with Gasteiger partial charge in [0.15, 0.2) is 0 Å². The number of rotatable bonds is 6. The summed E-state index contributed by atoms with van der Waals surface area (Å²) in [6.45, 7) is 0.851. The van der Waals surface area contributed by atoms with Crippen molar-refractivity contribution >= 4 is 5.69 Å². The number of nitro benzene ring substituents is 1. The second-order valence-corrected chi connectivity index (χ2v) is 5.13. The van der Waals surface area contributed by atoms with Gasteiger partial charge < -0.3 is 9.88 Å². The van der Waals surface area contributed by atoms with E-state index in [-0.39, 0.29) is 12.1 Å². The molecule has 1 aliphatic rings. The zero-order chi connectivity index (χ0) is 14.8. The topological polar surface area (TPSA) is 73.0 Å². The van der Waals surface area contributed by atoms with Gasteiger partial charge in [-0.2, -0.15) is 4.39 Å². The highest BCUT2D eigenvalue weighted by molar-refractivity contribution is 5.37. The van der Waals surface area contributed by atoms with Gasteiger partial charge in [-0.15, -0.1) is 0 Å². The summed E-state index contributed by atoms with van der Waals surface area (Å²) in [6.07, 6.45) is 5.77. The van der Waals surface area contributed by atoms with E-state index in [4.69, 9.17) is 0 Å². The van der Waals surface area contributed by atoms with Crippen LogP contribution in [0.2, 0.25) is 0 Å². The first-order valence-electron chi connectivity index (χ1n) is 6.80. The van der Waals surface area contributed by atoms with Gasteiger partial charge in [0.2, 0.25) is 5.82 Å². The lowest BCUT2D eigenvalue weighted by Crippen LogP contribution is -2.19. The summed E-state index contributed by atoms with van der Waals surface area (Å²) in [6, 6.07) is 4.78. The Morgan fingerprint density at radius 1 is 1.48 bits per heavy atom. The summed E-state index contributed by atoms with van der Waals surface area (Å²) in [5, 5.41) is 14.1. The van der Waals surface area contributed by atoms with Gasteiger partial charge in [0.25, 0.3) is 0 Å². The lowest BCUT2D eigenvalue weighted by atomic mass is 10.2. The van der Waals surface area contributed by atoms with Crippen molar-refractivity contribution in [3.05, 3.63) is 57.9 Å². The molecule has 1 aromatic carbocycles. The van der Waals surface area contributed by atoms with Gasteiger partial charge in [0.1, 0.15) is 5.82 Å². The zero-order valence-corrected chi connectivity index (χ0v) is 11.3. The second-order valence-electron chi connectivity index (χ2n) is 5.13. The van der Waals surface area contributed by atoms with Crippen molar-refractivity contribution in [1.82, 2.24) is 14.9 Å². The molecular weight excluding hydrogens is 275 g/mol. The Hall–Kier alpha value is -2.28. The van der Waals surface area contributed by atoms with Crippen LogP contribution in [0.1, 0.15) is 24.2 Å². The fourth-order valence-corrected chi connectivity index (χ4v) is 2.19. The first kappa shape index (κ1) is 13.7. The van der Waals surface area contributed by atoms with Crippen LogP contribution in [0.4, 0.5) is 10.1 Å². The minimum absolute atomic E-state index is 0.231. The van der Waals surface area contributed by atoms with Crippen molar-refractivity contribution in [2.75, 3.05) is 0 Å². The summed E-state index contributed by atoms with van der Waals surface area (Å²) in [5.41, 5.74) is -0.208. The summed E-state index contributed by atoms with van der Waals surface area (Å²) >= 11 is 0. The maximum Gasteiger partial charge on any atom is 0.305 e. The van der Waals surface area contributed by atoms with Crippen LogP contribution in [0.15, 0.2) is 30.6 Å². The number of nitrogens with one attached hydrogen (secondary N) is 1. The van der Waals surface area contributed by atoms with Crippen LogP contribution in [-0.4, -0.2) is 20.5 Å². The van der Waals surface area contributed by atoms with Crippen molar-refractivity contribution in [3.8, 4) is 0 Å². The molecule has 0 radical (unpaired) electrons. The minimum Gasteiger partial charge on any atom is -0.329 e. The molecule has 21 heavy (non-hydrogen) atoms. The highest BCUT2D eigenvalue weighted by atomic mass is 19.1. The van der Waals surface area contributed by atoms with E-state index in [1.165, 1.54) is 25.0 Å². The fourth-order valence-electron chi connectivity index (χ4n) is 2.19. The second kappa shape index (κ2) is 5.61. The molecule has 3 rings (SSSR count). The van der Waals surface area contributed by atoms with Gasteiger partial charge >= 0.3 is 5.69 Å². The molecule has 2 aromatic rings. The molecule has 0 amide bonds. The van der Waals surface area contributed by atoms with Crippen molar-refractivity contribution in [1.29, 1.82) is 0 Å². The maximum absolute atomic E-state index is 14.1. The Morgan fingerprint density at radius 3 is 3.00 bits per heavy atom. The highest BCUT2D eigenvalue weighted by Gasteiger charge is 2.21. The molecule has 0 unspecified atom stereocenters. The van der Waals surface area contributed by atoms with E-state index >= 15 is 0 Å².